The van der Waals surface area contributed by atoms with E-state index in [0.717, 1.165) is 5.56 Å². The fraction of sp³-hybridized carbons (Fsp3) is 0.250. The standard InChI is InChI=1S/C20H19Cl2N5O3S2/c1-3-7-27-18(12-5-6-14(21)15(22)8-12)25-26-20(27)32-11-16(28)24-19-23-13(10-31-19)9-17(29)30-4-2/h3,5-6,8,10H,1,4,7,9,11H2,2H3,(H,23,24,28). The topological polar surface area (TPSA) is 99.0 Å². The number of halogens is 2. The van der Waals surface area contributed by atoms with Gasteiger partial charge >= 0.3 is 5.97 Å². The maximum Gasteiger partial charge on any atom is 0.311 e. The number of anilines is 1. The average molecular weight is 512 g/mol. The Bertz CT molecular complexity index is 1130. The Hall–Kier alpha value is -2.40. The van der Waals surface area contributed by atoms with Gasteiger partial charge in [0.05, 0.1) is 34.5 Å². The van der Waals surface area contributed by atoms with Crippen LogP contribution in [0.2, 0.25) is 10.0 Å². The fourth-order valence-electron chi connectivity index (χ4n) is 2.63. The van der Waals surface area contributed by atoms with Crippen LogP contribution in [0, 0.1) is 0 Å². The van der Waals surface area contributed by atoms with E-state index in [1.807, 2.05) is 4.57 Å². The molecule has 0 bridgehead atoms. The number of esters is 1. The monoisotopic (exact) mass is 511 g/mol. The van der Waals surface area contributed by atoms with Crippen molar-refractivity contribution in [2.24, 2.45) is 0 Å². The van der Waals surface area contributed by atoms with Gasteiger partial charge in [0.1, 0.15) is 0 Å². The molecule has 32 heavy (non-hydrogen) atoms. The Morgan fingerprint density at radius 1 is 1.31 bits per heavy atom. The molecule has 0 spiro atoms. The number of ether oxygens (including phenoxy) is 1. The van der Waals surface area contributed by atoms with Crippen LogP contribution in [0.15, 0.2) is 41.4 Å². The highest BCUT2D eigenvalue weighted by Gasteiger charge is 2.17. The lowest BCUT2D eigenvalue weighted by atomic mass is 10.2. The lowest BCUT2D eigenvalue weighted by Gasteiger charge is -2.08. The number of carbonyl (C=O) groups excluding carboxylic acids is 2. The molecule has 0 aliphatic carbocycles. The number of thioether (sulfide) groups is 1. The van der Waals surface area contributed by atoms with E-state index in [2.05, 4.69) is 27.1 Å². The Morgan fingerprint density at radius 2 is 2.12 bits per heavy atom. The highest BCUT2D eigenvalue weighted by Crippen LogP contribution is 2.30. The third kappa shape index (κ3) is 6.32. The van der Waals surface area contributed by atoms with E-state index in [1.54, 1.807) is 36.6 Å². The molecule has 1 aromatic carbocycles. The Morgan fingerprint density at radius 3 is 2.84 bits per heavy atom. The summed E-state index contributed by atoms with van der Waals surface area (Å²) in [7, 11) is 0. The predicted molar refractivity (Wildman–Crippen MR) is 127 cm³/mol. The van der Waals surface area contributed by atoms with Crippen LogP contribution in [-0.2, 0) is 27.3 Å². The zero-order valence-corrected chi connectivity index (χ0v) is 20.2. The Labute approximate surface area is 203 Å². The lowest BCUT2D eigenvalue weighted by molar-refractivity contribution is -0.142. The first-order valence-electron chi connectivity index (χ1n) is 9.43. The SMILES string of the molecule is C=CCn1c(SCC(=O)Nc2nc(CC(=O)OCC)cs2)nnc1-c1ccc(Cl)c(Cl)c1. The van der Waals surface area contributed by atoms with Crippen LogP contribution in [0.5, 0.6) is 0 Å². The molecule has 2 heterocycles. The number of hydrogen-bond donors (Lipinski definition) is 1. The number of amides is 1. The number of carbonyl (C=O) groups is 2. The molecule has 2 aromatic heterocycles. The molecule has 3 aromatic rings. The number of benzene rings is 1. The smallest absolute Gasteiger partial charge is 0.311 e. The molecule has 0 saturated heterocycles. The number of nitrogens with one attached hydrogen (secondary N) is 1. The molecule has 1 amide bonds. The normalized spacial score (nSPS) is 10.7. The van der Waals surface area contributed by atoms with Gasteiger partial charge in [0.15, 0.2) is 16.1 Å². The van der Waals surface area contributed by atoms with Gasteiger partial charge in [0.2, 0.25) is 5.91 Å². The van der Waals surface area contributed by atoms with Crippen LogP contribution in [0.3, 0.4) is 0 Å². The van der Waals surface area contributed by atoms with Crippen molar-refractivity contribution in [1.82, 2.24) is 19.7 Å². The van der Waals surface area contributed by atoms with Crippen LogP contribution >= 0.6 is 46.3 Å². The Balaban J connectivity index is 1.64. The first-order chi connectivity index (χ1) is 15.4. The van der Waals surface area contributed by atoms with Crippen molar-refractivity contribution in [3.8, 4) is 11.4 Å². The van der Waals surface area contributed by atoms with Crippen molar-refractivity contribution in [3.63, 3.8) is 0 Å². The summed E-state index contributed by atoms with van der Waals surface area (Å²) in [6.07, 6.45) is 1.78. The number of hydrogen-bond acceptors (Lipinski definition) is 8. The van der Waals surface area contributed by atoms with Crippen LogP contribution in [-0.4, -0.2) is 44.0 Å². The lowest BCUT2D eigenvalue weighted by Crippen LogP contribution is -2.15. The molecule has 0 radical (unpaired) electrons. The average Bonchev–Trinajstić information content (AvgIpc) is 3.36. The van der Waals surface area contributed by atoms with E-state index in [0.29, 0.717) is 45.0 Å². The maximum absolute atomic E-state index is 12.4. The molecule has 0 fully saturated rings. The summed E-state index contributed by atoms with van der Waals surface area (Å²) in [4.78, 5) is 28.2. The first-order valence-corrected chi connectivity index (χ1v) is 12.1. The van der Waals surface area contributed by atoms with Crippen LogP contribution in [0.1, 0.15) is 12.6 Å². The quantitative estimate of drug-likeness (QED) is 0.238. The van der Waals surface area contributed by atoms with Gasteiger partial charge in [-0.3, -0.25) is 14.2 Å². The Kier molecular flexibility index (Phi) is 8.68. The summed E-state index contributed by atoms with van der Waals surface area (Å²) in [6, 6.07) is 5.21. The van der Waals surface area contributed by atoms with Crippen molar-refractivity contribution in [2.75, 3.05) is 17.7 Å². The predicted octanol–water partition coefficient (Wildman–Crippen LogP) is 4.73. The number of allylic oxidation sites excluding steroid dienone is 1. The second kappa shape index (κ2) is 11.5. The van der Waals surface area contributed by atoms with E-state index in [-0.39, 0.29) is 24.1 Å². The minimum absolute atomic E-state index is 0.0666. The third-order valence-electron chi connectivity index (χ3n) is 3.97. The molecule has 0 aliphatic rings. The van der Waals surface area contributed by atoms with Gasteiger partial charge in [-0.2, -0.15) is 0 Å². The van der Waals surface area contributed by atoms with Gasteiger partial charge < -0.3 is 10.1 Å². The number of nitrogens with zero attached hydrogens (tertiary/aromatic N) is 4. The number of aromatic nitrogens is 4. The van der Waals surface area contributed by atoms with Crippen molar-refractivity contribution < 1.29 is 14.3 Å². The van der Waals surface area contributed by atoms with Crippen molar-refractivity contribution in [3.05, 3.63) is 52.0 Å². The van der Waals surface area contributed by atoms with Crippen LogP contribution in [0.25, 0.3) is 11.4 Å². The van der Waals surface area contributed by atoms with Gasteiger partial charge in [0.25, 0.3) is 0 Å². The second-order valence-electron chi connectivity index (χ2n) is 6.30. The van der Waals surface area contributed by atoms with E-state index in [1.165, 1.54) is 23.1 Å². The highest BCUT2D eigenvalue weighted by atomic mass is 35.5. The molecule has 168 valence electrons. The molecule has 0 atom stereocenters. The molecular weight excluding hydrogens is 493 g/mol. The minimum atomic E-state index is -0.356. The summed E-state index contributed by atoms with van der Waals surface area (Å²) in [6.45, 7) is 6.29. The minimum Gasteiger partial charge on any atom is -0.466 e. The summed E-state index contributed by atoms with van der Waals surface area (Å²) in [5, 5.41) is 14.7. The van der Waals surface area contributed by atoms with Gasteiger partial charge in [-0.15, -0.1) is 28.1 Å². The number of thiazole rings is 1. The molecule has 0 saturated carbocycles. The molecule has 3 rings (SSSR count). The van der Waals surface area contributed by atoms with Gasteiger partial charge in [-0.05, 0) is 25.1 Å². The molecule has 0 unspecified atom stereocenters. The van der Waals surface area contributed by atoms with E-state index >= 15 is 0 Å². The highest BCUT2D eigenvalue weighted by molar-refractivity contribution is 7.99. The van der Waals surface area contributed by atoms with Crippen molar-refractivity contribution in [2.45, 2.75) is 25.0 Å². The summed E-state index contributed by atoms with van der Waals surface area (Å²) < 4.78 is 6.74. The molecular formula is C20H19Cl2N5O3S2. The number of rotatable bonds is 10. The summed E-state index contributed by atoms with van der Waals surface area (Å²) in [5.41, 5.74) is 1.30. The van der Waals surface area contributed by atoms with E-state index in [9.17, 15) is 9.59 Å². The third-order valence-corrected chi connectivity index (χ3v) is 6.48. The molecule has 0 aliphatic heterocycles. The second-order valence-corrected chi connectivity index (χ2v) is 8.91. The fourth-order valence-corrected chi connectivity index (χ4v) is 4.40. The summed E-state index contributed by atoms with van der Waals surface area (Å²) in [5.74, 6) is 0.0837. The van der Waals surface area contributed by atoms with E-state index < -0.39 is 0 Å². The van der Waals surface area contributed by atoms with Crippen molar-refractivity contribution in [1.29, 1.82) is 0 Å². The molecule has 1 N–H and O–H groups in total. The first kappa shape index (κ1) is 24.2. The zero-order chi connectivity index (χ0) is 23.1. The van der Waals surface area contributed by atoms with Gasteiger partial charge in [0, 0.05) is 17.5 Å². The van der Waals surface area contributed by atoms with Crippen molar-refractivity contribution >= 4 is 63.3 Å². The van der Waals surface area contributed by atoms with E-state index in [4.69, 9.17) is 27.9 Å². The van der Waals surface area contributed by atoms with Crippen LogP contribution < -0.4 is 5.32 Å². The zero-order valence-electron chi connectivity index (χ0n) is 17.0. The maximum atomic E-state index is 12.4. The van der Waals surface area contributed by atoms with Crippen LogP contribution in [0.4, 0.5) is 5.13 Å². The molecule has 8 nitrogen and oxygen atoms in total. The summed E-state index contributed by atoms with van der Waals surface area (Å²) >= 11 is 14.6. The van der Waals surface area contributed by atoms with Gasteiger partial charge in [-0.1, -0.05) is 41.0 Å². The van der Waals surface area contributed by atoms with Gasteiger partial charge in [-0.25, -0.2) is 4.98 Å². The molecule has 12 heteroatoms. The largest absolute Gasteiger partial charge is 0.466 e.